The maximum Gasteiger partial charge on any atom is 0.241 e. The van der Waals surface area contributed by atoms with Crippen molar-refractivity contribution >= 4 is 11.6 Å². The summed E-state index contributed by atoms with van der Waals surface area (Å²) < 4.78 is 5.07. The molecule has 1 fully saturated rings. The van der Waals surface area contributed by atoms with Gasteiger partial charge in [-0.15, -0.1) is 0 Å². The van der Waals surface area contributed by atoms with E-state index in [1.165, 1.54) is 0 Å². The Morgan fingerprint density at radius 3 is 2.89 bits per heavy atom. The van der Waals surface area contributed by atoms with Crippen molar-refractivity contribution in [2.45, 2.75) is 18.9 Å². The van der Waals surface area contributed by atoms with Gasteiger partial charge in [-0.3, -0.25) is 9.69 Å². The molecule has 1 atom stereocenters. The number of hydrogen-bond acceptors (Lipinski definition) is 4. The molecule has 1 aliphatic heterocycles. The average Bonchev–Trinajstić information content (AvgIpc) is 2.88. The minimum Gasteiger partial charge on any atom is -0.497 e. The molecule has 0 spiro atoms. The number of carbonyl (C=O) groups is 1. The van der Waals surface area contributed by atoms with Crippen molar-refractivity contribution in [3.63, 3.8) is 0 Å². The molecule has 1 N–H and O–H groups in total. The number of nitriles is 1. The van der Waals surface area contributed by atoms with E-state index in [1.54, 1.807) is 31.4 Å². The molecule has 0 aromatic heterocycles. The van der Waals surface area contributed by atoms with Crippen LogP contribution in [0.2, 0.25) is 0 Å². The van der Waals surface area contributed by atoms with Gasteiger partial charge >= 0.3 is 0 Å². The van der Waals surface area contributed by atoms with Gasteiger partial charge in [0, 0.05) is 12.2 Å². The van der Waals surface area contributed by atoms with Crippen LogP contribution in [0.1, 0.15) is 12.8 Å². The fourth-order valence-electron chi connectivity index (χ4n) is 2.30. The van der Waals surface area contributed by atoms with E-state index in [4.69, 9.17) is 10.00 Å². The molecule has 5 nitrogen and oxygen atoms in total. The molecule has 0 aliphatic carbocycles. The number of nitrogens with one attached hydrogen (secondary N) is 1. The number of carbonyl (C=O) groups excluding carboxylic acids is 1. The molecule has 19 heavy (non-hydrogen) atoms. The van der Waals surface area contributed by atoms with Crippen LogP contribution in [0.4, 0.5) is 5.69 Å². The van der Waals surface area contributed by atoms with Crippen LogP contribution in [0.3, 0.4) is 0 Å². The molecule has 1 amide bonds. The number of ether oxygens (including phenoxy) is 1. The summed E-state index contributed by atoms with van der Waals surface area (Å²) >= 11 is 0. The molecule has 0 bridgehead atoms. The molecule has 5 heteroatoms. The van der Waals surface area contributed by atoms with Gasteiger partial charge in [-0.1, -0.05) is 0 Å². The molecule has 1 aromatic rings. The monoisotopic (exact) mass is 259 g/mol. The maximum absolute atomic E-state index is 12.2. The highest BCUT2D eigenvalue weighted by atomic mass is 16.5. The Morgan fingerprint density at radius 2 is 2.26 bits per heavy atom. The third kappa shape index (κ3) is 3.24. The van der Waals surface area contributed by atoms with Crippen molar-refractivity contribution in [1.82, 2.24) is 4.90 Å². The average molecular weight is 259 g/mol. The van der Waals surface area contributed by atoms with E-state index in [9.17, 15) is 4.79 Å². The van der Waals surface area contributed by atoms with Gasteiger partial charge in [-0.05, 0) is 37.1 Å². The molecule has 0 radical (unpaired) electrons. The largest absolute Gasteiger partial charge is 0.497 e. The lowest BCUT2D eigenvalue weighted by Gasteiger charge is -2.20. The second-order valence-corrected chi connectivity index (χ2v) is 4.50. The summed E-state index contributed by atoms with van der Waals surface area (Å²) in [5.41, 5.74) is 0.745. The van der Waals surface area contributed by atoms with E-state index in [0.717, 1.165) is 30.8 Å². The smallest absolute Gasteiger partial charge is 0.241 e. The van der Waals surface area contributed by atoms with Crippen LogP contribution in [-0.2, 0) is 4.79 Å². The standard InChI is InChI=1S/C14H17N3O2/c1-19-12-6-4-11(5-7-12)16-14(18)13-3-2-9-17(13)10-8-15/h4-7,13H,2-3,9-10H2,1H3,(H,16,18). The third-order valence-corrected chi connectivity index (χ3v) is 3.30. The first-order valence-electron chi connectivity index (χ1n) is 6.30. The minimum atomic E-state index is -0.193. The van der Waals surface area contributed by atoms with Crippen molar-refractivity contribution in [3.05, 3.63) is 24.3 Å². The fraction of sp³-hybridized carbons (Fsp3) is 0.429. The van der Waals surface area contributed by atoms with Crippen molar-refractivity contribution in [3.8, 4) is 11.8 Å². The van der Waals surface area contributed by atoms with Crippen LogP contribution < -0.4 is 10.1 Å². The molecule has 2 rings (SSSR count). The van der Waals surface area contributed by atoms with Gasteiger partial charge in [0.1, 0.15) is 5.75 Å². The molecular formula is C14H17N3O2. The van der Waals surface area contributed by atoms with Crippen LogP contribution in [0.5, 0.6) is 5.75 Å². The number of methoxy groups -OCH3 is 1. The van der Waals surface area contributed by atoms with Gasteiger partial charge in [0.2, 0.25) is 5.91 Å². The van der Waals surface area contributed by atoms with E-state index >= 15 is 0 Å². The van der Waals surface area contributed by atoms with Crippen LogP contribution >= 0.6 is 0 Å². The van der Waals surface area contributed by atoms with Crippen LogP contribution in [0, 0.1) is 11.3 Å². The zero-order valence-corrected chi connectivity index (χ0v) is 10.9. The number of likely N-dealkylation sites (tertiary alicyclic amines) is 1. The van der Waals surface area contributed by atoms with Gasteiger partial charge in [-0.2, -0.15) is 5.26 Å². The summed E-state index contributed by atoms with van der Waals surface area (Å²) in [7, 11) is 1.60. The molecule has 1 aromatic carbocycles. The Kier molecular flexibility index (Phi) is 4.37. The van der Waals surface area contributed by atoms with Gasteiger partial charge < -0.3 is 10.1 Å². The topological polar surface area (TPSA) is 65.4 Å². The highest BCUT2D eigenvalue weighted by Crippen LogP contribution is 2.20. The van der Waals surface area contributed by atoms with Gasteiger partial charge in [-0.25, -0.2) is 0 Å². The van der Waals surface area contributed by atoms with E-state index in [0.29, 0.717) is 6.54 Å². The highest BCUT2D eigenvalue weighted by Gasteiger charge is 2.30. The van der Waals surface area contributed by atoms with Gasteiger partial charge in [0.25, 0.3) is 0 Å². The Bertz CT molecular complexity index is 478. The Morgan fingerprint density at radius 1 is 1.53 bits per heavy atom. The van der Waals surface area contributed by atoms with Crippen LogP contribution in [-0.4, -0.2) is 37.0 Å². The number of nitrogens with zero attached hydrogens (tertiary/aromatic N) is 2. The maximum atomic E-state index is 12.2. The Balaban J connectivity index is 1.98. The lowest BCUT2D eigenvalue weighted by molar-refractivity contribution is -0.120. The summed E-state index contributed by atoms with van der Waals surface area (Å²) in [5.74, 6) is 0.711. The number of amides is 1. The summed E-state index contributed by atoms with van der Waals surface area (Å²) in [5, 5.41) is 11.6. The summed E-state index contributed by atoms with van der Waals surface area (Å²) in [6.07, 6.45) is 1.77. The summed E-state index contributed by atoms with van der Waals surface area (Å²) in [6.45, 7) is 1.12. The predicted octanol–water partition coefficient (Wildman–Crippen LogP) is 1.62. The Hall–Kier alpha value is -2.06. The molecule has 1 heterocycles. The zero-order chi connectivity index (χ0) is 13.7. The van der Waals surface area contributed by atoms with Crippen molar-refractivity contribution in [2.24, 2.45) is 0 Å². The lowest BCUT2D eigenvalue weighted by atomic mass is 10.2. The molecule has 1 saturated heterocycles. The van der Waals surface area contributed by atoms with Gasteiger partial charge in [0.05, 0.1) is 25.8 Å². The predicted molar refractivity (Wildman–Crippen MR) is 71.8 cm³/mol. The van der Waals surface area contributed by atoms with Crippen LogP contribution in [0.25, 0.3) is 0 Å². The Labute approximate surface area is 112 Å². The molecule has 0 saturated carbocycles. The first-order chi connectivity index (χ1) is 9.24. The van der Waals surface area contributed by atoms with Crippen molar-refractivity contribution in [1.29, 1.82) is 5.26 Å². The molecule has 1 unspecified atom stereocenters. The van der Waals surface area contributed by atoms with Crippen LogP contribution in [0.15, 0.2) is 24.3 Å². The fourth-order valence-corrected chi connectivity index (χ4v) is 2.30. The summed E-state index contributed by atoms with van der Waals surface area (Å²) in [6, 6.07) is 9.13. The molecule has 1 aliphatic rings. The van der Waals surface area contributed by atoms with E-state index < -0.39 is 0 Å². The molecule has 100 valence electrons. The van der Waals surface area contributed by atoms with E-state index in [-0.39, 0.29) is 11.9 Å². The minimum absolute atomic E-state index is 0.0436. The number of anilines is 1. The highest BCUT2D eigenvalue weighted by molar-refractivity contribution is 5.95. The quantitative estimate of drug-likeness (QED) is 0.834. The SMILES string of the molecule is COc1ccc(NC(=O)C2CCCN2CC#N)cc1. The first kappa shape index (κ1) is 13.4. The second kappa shape index (κ2) is 6.21. The summed E-state index contributed by atoms with van der Waals surface area (Å²) in [4.78, 5) is 14.1. The van der Waals surface area contributed by atoms with Crippen molar-refractivity contribution < 1.29 is 9.53 Å². The van der Waals surface area contributed by atoms with E-state index in [1.807, 2.05) is 4.90 Å². The number of rotatable bonds is 4. The third-order valence-electron chi connectivity index (χ3n) is 3.30. The number of benzene rings is 1. The van der Waals surface area contributed by atoms with E-state index in [2.05, 4.69) is 11.4 Å². The number of hydrogen-bond donors (Lipinski definition) is 1. The lowest BCUT2D eigenvalue weighted by Crippen LogP contribution is -2.39. The van der Waals surface area contributed by atoms with Gasteiger partial charge in [0.15, 0.2) is 0 Å². The zero-order valence-electron chi connectivity index (χ0n) is 10.9. The first-order valence-corrected chi connectivity index (χ1v) is 6.30. The van der Waals surface area contributed by atoms with Crippen molar-refractivity contribution in [2.75, 3.05) is 25.5 Å². The molecular weight excluding hydrogens is 242 g/mol. The normalized spacial score (nSPS) is 18.8. The second-order valence-electron chi connectivity index (χ2n) is 4.50.